The van der Waals surface area contributed by atoms with Crippen molar-refractivity contribution in [2.24, 2.45) is 5.92 Å². The predicted octanol–water partition coefficient (Wildman–Crippen LogP) is 1.13. The highest BCUT2D eigenvalue weighted by Gasteiger charge is 2.22. The molecule has 2 nitrogen and oxygen atoms in total. The van der Waals surface area contributed by atoms with Crippen molar-refractivity contribution in [1.82, 2.24) is 0 Å². The Morgan fingerprint density at radius 3 is 2.60 bits per heavy atom. The molecule has 0 aromatic heterocycles. The number of hydrogen-bond donors (Lipinski definition) is 1. The van der Waals surface area contributed by atoms with Gasteiger partial charge >= 0.3 is 0 Å². The van der Waals surface area contributed by atoms with E-state index in [0.717, 1.165) is 19.3 Å². The lowest BCUT2D eigenvalue weighted by molar-refractivity contribution is -0.122. The third-order valence-electron chi connectivity index (χ3n) is 2.22. The second-order valence-electron chi connectivity index (χ2n) is 3.13. The maximum atomic E-state index is 10.8. The van der Waals surface area contributed by atoms with E-state index >= 15 is 0 Å². The van der Waals surface area contributed by atoms with Gasteiger partial charge in [0.2, 0.25) is 0 Å². The molecule has 2 heteroatoms. The quantitative estimate of drug-likeness (QED) is 0.595. The first kappa shape index (κ1) is 7.73. The maximum Gasteiger partial charge on any atom is 0.133 e. The summed E-state index contributed by atoms with van der Waals surface area (Å²) >= 11 is 0. The summed E-state index contributed by atoms with van der Waals surface area (Å²) in [6.45, 7) is 1.61. The van der Waals surface area contributed by atoms with E-state index in [4.69, 9.17) is 0 Å². The smallest absolute Gasteiger partial charge is 0.133 e. The first-order valence-corrected chi connectivity index (χ1v) is 3.88. The molecule has 0 bridgehead atoms. The van der Waals surface area contributed by atoms with Crippen molar-refractivity contribution in [2.75, 3.05) is 0 Å². The van der Waals surface area contributed by atoms with Crippen LogP contribution < -0.4 is 0 Å². The highest BCUT2D eigenvalue weighted by atomic mass is 16.3. The van der Waals surface area contributed by atoms with Crippen molar-refractivity contribution in [1.29, 1.82) is 0 Å². The molecule has 0 saturated heterocycles. The maximum absolute atomic E-state index is 10.8. The summed E-state index contributed by atoms with van der Waals surface area (Å²) in [7, 11) is 0. The third kappa shape index (κ3) is 1.81. The molecule has 2 atom stereocenters. The van der Waals surface area contributed by atoms with Gasteiger partial charge < -0.3 is 5.11 Å². The van der Waals surface area contributed by atoms with Crippen molar-refractivity contribution in [3.8, 4) is 0 Å². The average Bonchev–Trinajstić information content (AvgIpc) is 1.88. The molecule has 0 spiro atoms. The Bertz CT molecular complexity index is 131. The Kier molecular flexibility index (Phi) is 2.44. The van der Waals surface area contributed by atoms with Crippen LogP contribution in [0.25, 0.3) is 0 Å². The van der Waals surface area contributed by atoms with E-state index in [1.807, 2.05) is 0 Å². The molecule has 0 heterocycles. The molecule has 0 radical (unpaired) electrons. The minimum atomic E-state index is -0.220. The molecule has 1 aliphatic rings. The van der Waals surface area contributed by atoms with Gasteiger partial charge in [0.1, 0.15) is 5.78 Å². The zero-order chi connectivity index (χ0) is 7.56. The summed E-state index contributed by atoms with van der Waals surface area (Å²) in [5.74, 6) is 0.377. The summed E-state index contributed by atoms with van der Waals surface area (Å²) in [6.07, 6.45) is 3.33. The molecule has 1 aliphatic carbocycles. The van der Waals surface area contributed by atoms with Gasteiger partial charge in [-0.2, -0.15) is 0 Å². The van der Waals surface area contributed by atoms with Crippen LogP contribution in [0.3, 0.4) is 0 Å². The Balaban J connectivity index is 2.39. The van der Waals surface area contributed by atoms with Gasteiger partial charge in [-0.1, -0.05) is 6.42 Å². The highest BCUT2D eigenvalue weighted by Crippen LogP contribution is 2.24. The lowest BCUT2D eigenvalue weighted by Gasteiger charge is -2.23. The number of carbonyl (C=O) groups is 1. The Morgan fingerprint density at radius 2 is 2.20 bits per heavy atom. The number of aliphatic hydroxyl groups is 1. The fourth-order valence-electron chi connectivity index (χ4n) is 1.53. The summed E-state index contributed by atoms with van der Waals surface area (Å²) in [4.78, 5) is 10.8. The largest absolute Gasteiger partial charge is 0.393 e. The molecular weight excluding hydrogens is 128 g/mol. The van der Waals surface area contributed by atoms with Crippen LogP contribution in [0.4, 0.5) is 0 Å². The molecule has 58 valence electrons. The van der Waals surface area contributed by atoms with E-state index in [2.05, 4.69) is 0 Å². The highest BCUT2D eigenvalue weighted by molar-refractivity contribution is 5.78. The zero-order valence-electron chi connectivity index (χ0n) is 6.34. The van der Waals surface area contributed by atoms with E-state index in [9.17, 15) is 9.90 Å². The van der Waals surface area contributed by atoms with Gasteiger partial charge in [0.05, 0.1) is 6.10 Å². The molecule has 1 saturated carbocycles. The molecule has 1 fully saturated rings. The monoisotopic (exact) mass is 142 g/mol. The van der Waals surface area contributed by atoms with E-state index < -0.39 is 0 Å². The minimum absolute atomic E-state index is 0.142. The molecule has 0 aliphatic heterocycles. The van der Waals surface area contributed by atoms with Crippen molar-refractivity contribution in [3.63, 3.8) is 0 Å². The standard InChI is InChI=1S/C8H14O2/c1-6(9)7-3-2-4-8(10)5-7/h7-8,10H,2-5H2,1H3/t7-,8-/m0/s1. The number of rotatable bonds is 1. The van der Waals surface area contributed by atoms with Crippen LogP contribution in [-0.2, 0) is 4.79 Å². The van der Waals surface area contributed by atoms with Gasteiger partial charge in [0, 0.05) is 5.92 Å². The number of Topliss-reactive ketones (excluding diaryl/α,β-unsaturated/α-hetero) is 1. The third-order valence-corrected chi connectivity index (χ3v) is 2.22. The molecular formula is C8H14O2. The van der Waals surface area contributed by atoms with Gasteiger partial charge in [-0.3, -0.25) is 4.79 Å². The van der Waals surface area contributed by atoms with Crippen LogP contribution in [0.5, 0.6) is 0 Å². The number of carbonyl (C=O) groups excluding carboxylic acids is 1. The number of ketones is 1. The molecule has 10 heavy (non-hydrogen) atoms. The zero-order valence-corrected chi connectivity index (χ0v) is 6.34. The molecule has 0 amide bonds. The van der Waals surface area contributed by atoms with E-state index in [1.165, 1.54) is 0 Å². The van der Waals surface area contributed by atoms with E-state index in [-0.39, 0.29) is 17.8 Å². The van der Waals surface area contributed by atoms with Crippen molar-refractivity contribution in [3.05, 3.63) is 0 Å². The molecule has 0 unspecified atom stereocenters. The normalized spacial score (nSPS) is 33.8. The minimum Gasteiger partial charge on any atom is -0.393 e. The fourth-order valence-corrected chi connectivity index (χ4v) is 1.53. The van der Waals surface area contributed by atoms with Crippen molar-refractivity contribution < 1.29 is 9.90 Å². The van der Waals surface area contributed by atoms with Gasteiger partial charge in [-0.15, -0.1) is 0 Å². The van der Waals surface area contributed by atoms with Crippen molar-refractivity contribution in [2.45, 2.75) is 38.7 Å². The first-order valence-electron chi connectivity index (χ1n) is 3.88. The topological polar surface area (TPSA) is 37.3 Å². The lowest BCUT2D eigenvalue weighted by atomic mass is 9.85. The SMILES string of the molecule is CC(=O)[C@H]1CCC[C@H](O)C1. The van der Waals surface area contributed by atoms with Crippen LogP contribution in [-0.4, -0.2) is 17.0 Å². The number of hydrogen-bond acceptors (Lipinski definition) is 2. The van der Waals surface area contributed by atoms with E-state index in [1.54, 1.807) is 6.92 Å². The van der Waals surface area contributed by atoms with Crippen LogP contribution in [0.2, 0.25) is 0 Å². The van der Waals surface area contributed by atoms with Gasteiger partial charge in [-0.05, 0) is 26.2 Å². The van der Waals surface area contributed by atoms with Crippen molar-refractivity contribution >= 4 is 5.78 Å². The Hall–Kier alpha value is -0.370. The summed E-state index contributed by atoms with van der Waals surface area (Å²) in [6, 6.07) is 0. The van der Waals surface area contributed by atoms with Crippen LogP contribution in [0, 0.1) is 5.92 Å². The summed E-state index contributed by atoms with van der Waals surface area (Å²) < 4.78 is 0. The molecule has 0 aromatic rings. The molecule has 0 aromatic carbocycles. The van der Waals surface area contributed by atoms with Gasteiger partial charge in [0.15, 0.2) is 0 Å². The summed E-state index contributed by atoms with van der Waals surface area (Å²) in [5, 5.41) is 9.18. The van der Waals surface area contributed by atoms with Gasteiger partial charge in [-0.25, -0.2) is 0 Å². The molecule has 1 N–H and O–H groups in total. The predicted molar refractivity (Wildman–Crippen MR) is 38.6 cm³/mol. The molecule has 1 rings (SSSR count). The van der Waals surface area contributed by atoms with Gasteiger partial charge in [0.25, 0.3) is 0 Å². The van der Waals surface area contributed by atoms with E-state index in [0.29, 0.717) is 6.42 Å². The second-order valence-corrected chi connectivity index (χ2v) is 3.13. The fraction of sp³-hybridized carbons (Fsp3) is 0.875. The number of aliphatic hydroxyl groups excluding tert-OH is 1. The van der Waals surface area contributed by atoms with Crippen LogP contribution in [0.1, 0.15) is 32.6 Å². The Morgan fingerprint density at radius 1 is 1.50 bits per heavy atom. The van der Waals surface area contributed by atoms with Crippen LogP contribution >= 0.6 is 0 Å². The second kappa shape index (κ2) is 3.15. The Labute approximate surface area is 61.2 Å². The first-order chi connectivity index (χ1) is 4.70. The lowest BCUT2D eigenvalue weighted by Crippen LogP contribution is -2.23. The average molecular weight is 142 g/mol. The van der Waals surface area contributed by atoms with Crippen LogP contribution in [0.15, 0.2) is 0 Å². The summed E-state index contributed by atoms with van der Waals surface area (Å²) in [5.41, 5.74) is 0.